The number of halogens is 2. The number of hydrogen-bond donors (Lipinski definition) is 1. The molecule has 0 radical (unpaired) electrons. The lowest BCUT2D eigenvalue weighted by Gasteiger charge is -2.17. The van der Waals surface area contributed by atoms with Crippen LogP contribution in [0.4, 0.5) is 4.39 Å². The van der Waals surface area contributed by atoms with Crippen LogP contribution in [0.5, 0.6) is 0 Å². The molecule has 5 heteroatoms. The van der Waals surface area contributed by atoms with Crippen LogP contribution in [0.2, 0.25) is 0 Å². The average Bonchev–Trinajstić information content (AvgIpc) is 2.78. The summed E-state index contributed by atoms with van der Waals surface area (Å²) in [5, 5.41) is 7.31. The van der Waals surface area contributed by atoms with Gasteiger partial charge < -0.3 is 5.32 Å². The fourth-order valence-corrected chi connectivity index (χ4v) is 2.51. The summed E-state index contributed by atoms with van der Waals surface area (Å²) in [6.45, 7) is 0. The van der Waals surface area contributed by atoms with Crippen molar-refractivity contribution in [1.29, 1.82) is 0 Å². The molecule has 0 aliphatic heterocycles. The lowest BCUT2D eigenvalue weighted by atomic mass is 10.0. The van der Waals surface area contributed by atoms with Gasteiger partial charge in [-0.3, -0.25) is 4.68 Å². The third-order valence-electron chi connectivity index (χ3n) is 3.30. The van der Waals surface area contributed by atoms with E-state index in [4.69, 9.17) is 0 Å². The predicted octanol–water partition coefficient (Wildman–Crippen LogP) is 3.22. The summed E-state index contributed by atoms with van der Waals surface area (Å²) >= 11 is 3.28. The Morgan fingerprint density at radius 2 is 2.21 bits per heavy atom. The Balaban J connectivity index is 2.10. The van der Waals surface area contributed by atoms with E-state index in [2.05, 4.69) is 26.3 Å². The van der Waals surface area contributed by atoms with E-state index in [0.29, 0.717) is 5.56 Å². The van der Waals surface area contributed by atoms with Crippen LogP contribution in [0, 0.1) is 5.82 Å². The Kier molecular flexibility index (Phi) is 4.71. The standard InChI is InChI=1S/C14H17BrFN3/c1-17-14(6-4-11-7-8-18-19(11)2)12-5-3-10(15)9-13(12)16/h3,5,7-9,14,17H,4,6H2,1-2H3. The van der Waals surface area contributed by atoms with Gasteiger partial charge in [-0.15, -0.1) is 0 Å². The van der Waals surface area contributed by atoms with Crippen LogP contribution in [0.1, 0.15) is 23.7 Å². The zero-order valence-corrected chi connectivity index (χ0v) is 12.6. The zero-order valence-electron chi connectivity index (χ0n) is 11.0. The summed E-state index contributed by atoms with van der Waals surface area (Å²) in [5.41, 5.74) is 1.85. The third-order valence-corrected chi connectivity index (χ3v) is 3.79. The number of aryl methyl sites for hydroxylation is 2. The van der Waals surface area contributed by atoms with E-state index in [-0.39, 0.29) is 11.9 Å². The molecule has 1 unspecified atom stereocenters. The lowest BCUT2D eigenvalue weighted by molar-refractivity contribution is 0.501. The van der Waals surface area contributed by atoms with Gasteiger partial charge >= 0.3 is 0 Å². The highest BCUT2D eigenvalue weighted by atomic mass is 79.9. The molecule has 0 aliphatic carbocycles. The fourth-order valence-electron chi connectivity index (χ4n) is 2.18. The van der Waals surface area contributed by atoms with Gasteiger partial charge in [0.25, 0.3) is 0 Å². The first-order valence-electron chi connectivity index (χ1n) is 6.21. The SMILES string of the molecule is CNC(CCc1ccnn1C)c1ccc(Br)cc1F. The molecule has 3 nitrogen and oxygen atoms in total. The van der Waals surface area contributed by atoms with Gasteiger partial charge in [0.15, 0.2) is 0 Å². The molecule has 19 heavy (non-hydrogen) atoms. The summed E-state index contributed by atoms with van der Waals surface area (Å²) < 4.78 is 16.6. The molecular weight excluding hydrogens is 309 g/mol. The molecule has 0 fully saturated rings. The van der Waals surface area contributed by atoms with E-state index < -0.39 is 0 Å². The molecule has 1 heterocycles. The monoisotopic (exact) mass is 325 g/mol. The van der Waals surface area contributed by atoms with Crippen molar-refractivity contribution in [2.75, 3.05) is 7.05 Å². The highest BCUT2D eigenvalue weighted by Crippen LogP contribution is 2.24. The molecular formula is C14H17BrFN3. The maximum absolute atomic E-state index is 13.9. The Hall–Kier alpha value is -1.20. The zero-order chi connectivity index (χ0) is 13.8. The van der Waals surface area contributed by atoms with Crippen LogP contribution < -0.4 is 5.32 Å². The van der Waals surface area contributed by atoms with Crippen LogP contribution in [-0.4, -0.2) is 16.8 Å². The Morgan fingerprint density at radius 3 is 2.79 bits per heavy atom. The van der Waals surface area contributed by atoms with Gasteiger partial charge in [-0.05, 0) is 38.1 Å². The molecule has 1 aromatic carbocycles. The van der Waals surface area contributed by atoms with E-state index in [1.54, 1.807) is 6.20 Å². The first kappa shape index (κ1) is 14.2. The van der Waals surface area contributed by atoms with Gasteiger partial charge in [-0.25, -0.2) is 4.39 Å². The van der Waals surface area contributed by atoms with Crippen LogP contribution in [-0.2, 0) is 13.5 Å². The number of benzene rings is 1. The molecule has 0 spiro atoms. The molecule has 2 aromatic rings. The van der Waals surface area contributed by atoms with Gasteiger partial charge in [0.2, 0.25) is 0 Å². The van der Waals surface area contributed by atoms with Crippen molar-refractivity contribution in [3.05, 3.63) is 52.0 Å². The molecule has 0 saturated heterocycles. The van der Waals surface area contributed by atoms with Gasteiger partial charge in [-0.2, -0.15) is 5.10 Å². The maximum Gasteiger partial charge on any atom is 0.129 e. The smallest absolute Gasteiger partial charge is 0.129 e. The van der Waals surface area contributed by atoms with Crippen molar-refractivity contribution >= 4 is 15.9 Å². The van der Waals surface area contributed by atoms with E-state index in [0.717, 1.165) is 23.0 Å². The number of nitrogens with one attached hydrogen (secondary N) is 1. The summed E-state index contributed by atoms with van der Waals surface area (Å²) in [7, 11) is 3.78. The second kappa shape index (κ2) is 6.30. The van der Waals surface area contributed by atoms with E-state index in [1.165, 1.54) is 6.07 Å². The van der Waals surface area contributed by atoms with Gasteiger partial charge in [0.05, 0.1) is 0 Å². The van der Waals surface area contributed by atoms with Gasteiger partial charge in [-0.1, -0.05) is 22.0 Å². The van der Waals surface area contributed by atoms with Crippen molar-refractivity contribution < 1.29 is 4.39 Å². The first-order valence-corrected chi connectivity index (χ1v) is 7.00. The highest BCUT2D eigenvalue weighted by molar-refractivity contribution is 9.10. The minimum atomic E-state index is -0.182. The number of hydrogen-bond acceptors (Lipinski definition) is 2. The lowest BCUT2D eigenvalue weighted by Crippen LogP contribution is -2.19. The van der Waals surface area contributed by atoms with E-state index in [9.17, 15) is 4.39 Å². The number of aromatic nitrogens is 2. The molecule has 0 bridgehead atoms. The summed E-state index contributed by atoms with van der Waals surface area (Å²) in [5.74, 6) is -0.182. The minimum Gasteiger partial charge on any atom is -0.313 e. The summed E-state index contributed by atoms with van der Waals surface area (Å²) in [6.07, 6.45) is 3.47. The van der Waals surface area contributed by atoms with Gasteiger partial charge in [0.1, 0.15) is 5.82 Å². The molecule has 2 rings (SSSR count). The molecule has 1 atom stereocenters. The Bertz CT molecular complexity index is 553. The summed E-state index contributed by atoms with van der Waals surface area (Å²) in [6, 6.07) is 7.19. The molecule has 0 aliphatic rings. The van der Waals surface area contributed by atoms with E-state index >= 15 is 0 Å². The highest BCUT2D eigenvalue weighted by Gasteiger charge is 2.14. The van der Waals surface area contributed by atoms with Crippen molar-refractivity contribution in [2.24, 2.45) is 7.05 Å². The van der Waals surface area contributed by atoms with Gasteiger partial charge in [0, 0.05) is 35.0 Å². The number of rotatable bonds is 5. The molecule has 0 amide bonds. The Labute approximate surface area is 121 Å². The van der Waals surface area contributed by atoms with Crippen molar-refractivity contribution in [2.45, 2.75) is 18.9 Å². The summed E-state index contributed by atoms with van der Waals surface area (Å²) in [4.78, 5) is 0. The van der Waals surface area contributed by atoms with Crippen LogP contribution in [0.3, 0.4) is 0 Å². The van der Waals surface area contributed by atoms with Crippen LogP contribution in [0.25, 0.3) is 0 Å². The van der Waals surface area contributed by atoms with Crippen molar-refractivity contribution in [1.82, 2.24) is 15.1 Å². The topological polar surface area (TPSA) is 29.9 Å². The second-order valence-corrected chi connectivity index (χ2v) is 5.41. The maximum atomic E-state index is 13.9. The fraction of sp³-hybridized carbons (Fsp3) is 0.357. The largest absolute Gasteiger partial charge is 0.313 e. The van der Waals surface area contributed by atoms with Crippen molar-refractivity contribution in [3.63, 3.8) is 0 Å². The Morgan fingerprint density at radius 1 is 1.42 bits per heavy atom. The quantitative estimate of drug-likeness (QED) is 0.914. The first-order chi connectivity index (χ1) is 9.11. The molecule has 1 N–H and O–H groups in total. The van der Waals surface area contributed by atoms with Crippen LogP contribution >= 0.6 is 15.9 Å². The molecule has 1 aromatic heterocycles. The predicted molar refractivity (Wildman–Crippen MR) is 77.4 cm³/mol. The average molecular weight is 326 g/mol. The number of nitrogens with zero attached hydrogens (tertiary/aromatic N) is 2. The van der Waals surface area contributed by atoms with E-state index in [1.807, 2.05) is 37.0 Å². The normalized spacial score (nSPS) is 12.6. The van der Waals surface area contributed by atoms with Crippen LogP contribution in [0.15, 0.2) is 34.9 Å². The molecule has 102 valence electrons. The third kappa shape index (κ3) is 3.42. The second-order valence-electron chi connectivity index (χ2n) is 4.49. The molecule has 0 saturated carbocycles. The minimum absolute atomic E-state index is 0.00278. The van der Waals surface area contributed by atoms with Crippen molar-refractivity contribution in [3.8, 4) is 0 Å².